The minimum Gasteiger partial charge on any atom is -0.465 e. The Balaban J connectivity index is 1.93. The van der Waals surface area contributed by atoms with Crippen molar-refractivity contribution in [3.05, 3.63) is 64.7 Å². The number of likely N-dealkylation sites (N-methyl/N-ethyl adjacent to an activating group) is 1. The molecule has 0 atom stereocenters. The number of fused-ring (bicyclic) bond motifs is 1. The van der Waals surface area contributed by atoms with Crippen LogP contribution in [0.5, 0.6) is 0 Å². The number of ether oxygens (including phenoxy) is 1. The topological polar surface area (TPSA) is 41.9 Å². The Morgan fingerprint density at radius 1 is 1.18 bits per heavy atom. The van der Waals surface area contributed by atoms with Gasteiger partial charge in [0, 0.05) is 24.0 Å². The minimum absolute atomic E-state index is 0.00919. The van der Waals surface area contributed by atoms with Crippen molar-refractivity contribution in [1.29, 1.82) is 0 Å². The molecule has 1 aliphatic rings. The van der Waals surface area contributed by atoms with Crippen molar-refractivity contribution in [3.63, 3.8) is 0 Å². The molecule has 146 valence electrons. The lowest BCUT2D eigenvalue weighted by molar-refractivity contribution is 0.0601. The van der Waals surface area contributed by atoms with Gasteiger partial charge in [-0.25, -0.2) is 4.79 Å². The molecule has 28 heavy (non-hydrogen) atoms. The molecule has 2 aromatic rings. The number of hydrogen-bond acceptors (Lipinski definition) is 4. The average molecular weight is 377 g/mol. The number of hydrogen-bond donors (Lipinski definition) is 0. The molecule has 4 heteroatoms. The molecule has 0 spiro atoms. The Bertz CT molecular complexity index is 953. The van der Waals surface area contributed by atoms with Crippen LogP contribution in [0.25, 0.3) is 5.57 Å². The number of aliphatic imine (C=N–C) groups is 1. The van der Waals surface area contributed by atoms with E-state index >= 15 is 0 Å². The smallest absolute Gasteiger partial charge is 0.337 e. The Morgan fingerprint density at radius 2 is 1.86 bits per heavy atom. The zero-order chi connectivity index (χ0) is 20.5. The number of rotatable bonds is 4. The summed E-state index contributed by atoms with van der Waals surface area (Å²) in [6.07, 6.45) is 4.23. The summed E-state index contributed by atoms with van der Waals surface area (Å²) in [7, 11) is 1.38. The van der Waals surface area contributed by atoms with Crippen LogP contribution in [0.2, 0.25) is 0 Å². The summed E-state index contributed by atoms with van der Waals surface area (Å²) in [5, 5.41) is 0. The second-order valence-corrected chi connectivity index (χ2v) is 7.75. The van der Waals surface area contributed by atoms with Crippen LogP contribution < -0.4 is 4.90 Å². The lowest BCUT2D eigenvalue weighted by Crippen LogP contribution is -2.45. The van der Waals surface area contributed by atoms with Crippen LogP contribution in [0.15, 0.2) is 47.5 Å². The van der Waals surface area contributed by atoms with Crippen LogP contribution in [-0.4, -0.2) is 31.4 Å². The monoisotopic (exact) mass is 376 g/mol. The highest BCUT2D eigenvalue weighted by Crippen LogP contribution is 2.39. The van der Waals surface area contributed by atoms with Gasteiger partial charge >= 0.3 is 5.97 Å². The van der Waals surface area contributed by atoms with Crippen LogP contribution in [0.4, 0.5) is 11.4 Å². The maximum Gasteiger partial charge on any atom is 0.337 e. The summed E-state index contributed by atoms with van der Waals surface area (Å²) in [5.74, 6) is -0.341. The third-order valence-corrected chi connectivity index (χ3v) is 5.32. The molecule has 0 unspecified atom stereocenters. The quantitative estimate of drug-likeness (QED) is 0.519. The summed E-state index contributed by atoms with van der Waals surface area (Å²) >= 11 is 0. The van der Waals surface area contributed by atoms with E-state index in [1.807, 2.05) is 18.3 Å². The normalized spacial score (nSPS) is 15.4. The fourth-order valence-electron chi connectivity index (χ4n) is 3.91. The van der Waals surface area contributed by atoms with Gasteiger partial charge in [0.05, 0.1) is 23.9 Å². The molecular formula is C24H28N2O2. The molecule has 0 aromatic heterocycles. The number of carbonyl (C=O) groups excluding carboxylic acids is 1. The number of anilines is 1. The van der Waals surface area contributed by atoms with Gasteiger partial charge in [-0.15, -0.1) is 0 Å². The first-order valence-corrected chi connectivity index (χ1v) is 9.61. The Hall–Kier alpha value is -2.88. The lowest BCUT2D eigenvalue weighted by Gasteiger charge is -2.43. The Morgan fingerprint density at radius 3 is 2.46 bits per heavy atom. The van der Waals surface area contributed by atoms with E-state index in [1.165, 1.54) is 29.5 Å². The van der Waals surface area contributed by atoms with E-state index in [9.17, 15) is 4.79 Å². The molecule has 0 N–H and O–H groups in total. The molecule has 3 rings (SSSR count). The molecule has 0 aliphatic carbocycles. The van der Waals surface area contributed by atoms with E-state index in [2.05, 4.69) is 62.7 Å². The molecule has 0 amide bonds. The van der Waals surface area contributed by atoms with Gasteiger partial charge in [0.15, 0.2) is 0 Å². The first-order valence-electron chi connectivity index (χ1n) is 9.61. The number of carbonyl (C=O) groups is 1. The fraction of sp³-hybridized carbons (Fsp3) is 0.333. The number of aryl methyl sites for hydroxylation is 1. The highest BCUT2D eigenvalue weighted by molar-refractivity contribution is 5.91. The van der Waals surface area contributed by atoms with Gasteiger partial charge in [0.25, 0.3) is 0 Å². The average Bonchev–Trinajstić information content (AvgIpc) is 2.66. The van der Waals surface area contributed by atoms with E-state index in [1.54, 1.807) is 12.1 Å². The first-order chi connectivity index (χ1) is 13.3. The van der Waals surface area contributed by atoms with Crippen molar-refractivity contribution >= 4 is 29.1 Å². The van der Waals surface area contributed by atoms with Gasteiger partial charge in [-0.1, -0.05) is 6.08 Å². The number of methoxy groups -OCH3 is 1. The van der Waals surface area contributed by atoms with Crippen LogP contribution in [0.1, 0.15) is 54.7 Å². The van der Waals surface area contributed by atoms with E-state index in [-0.39, 0.29) is 11.5 Å². The second kappa shape index (κ2) is 7.63. The number of benzene rings is 2. The van der Waals surface area contributed by atoms with Crippen LogP contribution in [-0.2, 0) is 4.74 Å². The van der Waals surface area contributed by atoms with Crippen molar-refractivity contribution in [2.24, 2.45) is 4.99 Å². The third-order valence-electron chi connectivity index (χ3n) is 5.32. The number of allylic oxidation sites excluding steroid dienone is 1. The Labute approximate surface area is 167 Å². The highest BCUT2D eigenvalue weighted by Gasteiger charge is 2.30. The lowest BCUT2D eigenvalue weighted by atomic mass is 9.87. The number of nitrogens with zero attached hydrogens (tertiary/aromatic N) is 2. The predicted molar refractivity (Wildman–Crippen MR) is 117 cm³/mol. The molecule has 4 nitrogen and oxygen atoms in total. The van der Waals surface area contributed by atoms with Gasteiger partial charge in [-0.3, -0.25) is 4.99 Å². The van der Waals surface area contributed by atoms with Crippen molar-refractivity contribution < 1.29 is 9.53 Å². The Kier molecular flexibility index (Phi) is 5.41. The maximum absolute atomic E-state index is 11.5. The third kappa shape index (κ3) is 3.72. The van der Waals surface area contributed by atoms with E-state index < -0.39 is 0 Å². The van der Waals surface area contributed by atoms with Gasteiger partial charge < -0.3 is 9.64 Å². The number of esters is 1. The van der Waals surface area contributed by atoms with Crippen molar-refractivity contribution in [2.45, 2.75) is 40.2 Å². The van der Waals surface area contributed by atoms with Crippen molar-refractivity contribution in [3.8, 4) is 0 Å². The van der Waals surface area contributed by atoms with E-state index in [0.29, 0.717) is 5.56 Å². The molecule has 0 bridgehead atoms. The molecule has 0 saturated carbocycles. The summed E-state index contributed by atoms with van der Waals surface area (Å²) < 4.78 is 4.73. The summed E-state index contributed by atoms with van der Waals surface area (Å²) in [4.78, 5) is 18.6. The van der Waals surface area contributed by atoms with Crippen LogP contribution >= 0.6 is 0 Å². The second-order valence-electron chi connectivity index (χ2n) is 7.75. The van der Waals surface area contributed by atoms with Gasteiger partial charge in [-0.2, -0.15) is 0 Å². The van der Waals surface area contributed by atoms with Gasteiger partial charge in [-0.05, 0) is 87.7 Å². The van der Waals surface area contributed by atoms with E-state index in [0.717, 1.165) is 17.8 Å². The van der Waals surface area contributed by atoms with Gasteiger partial charge in [0.1, 0.15) is 0 Å². The molecular weight excluding hydrogens is 348 g/mol. The maximum atomic E-state index is 11.5. The molecule has 0 radical (unpaired) electrons. The zero-order valence-corrected chi connectivity index (χ0v) is 17.5. The van der Waals surface area contributed by atoms with Crippen LogP contribution in [0.3, 0.4) is 0 Å². The van der Waals surface area contributed by atoms with E-state index in [4.69, 9.17) is 4.74 Å². The fourth-order valence-corrected chi connectivity index (χ4v) is 3.91. The van der Waals surface area contributed by atoms with Crippen molar-refractivity contribution in [2.75, 3.05) is 18.6 Å². The molecule has 2 aromatic carbocycles. The highest BCUT2D eigenvalue weighted by atomic mass is 16.5. The predicted octanol–water partition coefficient (Wildman–Crippen LogP) is 5.55. The summed E-state index contributed by atoms with van der Waals surface area (Å²) in [5.41, 5.74) is 7.45. The van der Waals surface area contributed by atoms with Gasteiger partial charge in [0.2, 0.25) is 0 Å². The van der Waals surface area contributed by atoms with Crippen molar-refractivity contribution in [1.82, 2.24) is 0 Å². The molecule has 0 saturated heterocycles. The zero-order valence-electron chi connectivity index (χ0n) is 17.5. The van der Waals surface area contributed by atoms with Crippen LogP contribution in [0, 0.1) is 6.92 Å². The SMILES string of the molecule is CCN1c2cc(C)c(C=Nc3ccc(C(=O)OC)cc3)cc2C(C)=CC1(C)C. The molecule has 0 fully saturated rings. The summed E-state index contributed by atoms with van der Waals surface area (Å²) in [6.45, 7) is 12.0. The standard InChI is InChI=1S/C24H28N2O2/c1-7-26-22-12-16(2)19(13-21(22)17(3)14-24(26,4)5)15-25-20-10-8-18(9-11-20)23(27)28-6/h8-15H,7H2,1-6H3. The summed E-state index contributed by atoms with van der Waals surface area (Å²) in [6, 6.07) is 11.6. The molecule has 1 heterocycles. The minimum atomic E-state index is -0.341. The first kappa shape index (κ1) is 19.9. The molecule has 1 aliphatic heterocycles. The largest absolute Gasteiger partial charge is 0.465 e.